The molecule has 2 rings (SSSR count). The fourth-order valence-electron chi connectivity index (χ4n) is 2.86. The van der Waals surface area contributed by atoms with Crippen molar-refractivity contribution in [1.82, 2.24) is 10.6 Å². The number of aliphatic imine (C=N–C) groups is 1. The monoisotopic (exact) mass is 371 g/mol. The molecule has 1 unspecified atom stereocenters. The summed E-state index contributed by atoms with van der Waals surface area (Å²) in [4.78, 5) is 4.19. The van der Waals surface area contributed by atoms with E-state index in [1.165, 1.54) is 7.11 Å². The maximum absolute atomic E-state index is 12.5. The van der Waals surface area contributed by atoms with Gasteiger partial charge in [-0.25, -0.2) is 0 Å². The van der Waals surface area contributed by atoms with Crippen molar-refractivity contribution in [2.45, 2.75) is 38.4 Å². The van der Waals surface area contributed by atoms with Gasteiger partial charge in [0.25, 0.3) is 0 Å². The van der Waals surface area contributed by atoms with Crippen LogP contribution in [0.4, 0.5) is 8.78 Å². The van der Waals surface area contributed by atoms with Crippen molar-refractivity contribution in [2.24, 2.45) is 4.99 Å². The van der Waals surface area contributed by atoms with E-state index in [1.807, 2.05) is 6.07 Å². The minimum Gasteiger partial charge on any atom is -0.493 e. The van der Waals surface area contributed by atoms with Gasteiger partial charge < -0.3 is 24.8 Å². The van der Waals surface area contributed by atoms with Gasteiger partial charge in [0.05, 0.1) is 12.7 Å². The van der Waals surface area contributed by atoms with E-state index in [0.29, 0.717) is 25.5 Å². The van der Waals surface area contributed by atoms with Gasteiger partial charge in [-0.1, -0.05) is 6.07 Å². The molecule has 8 heteroatoms. The summed E-state index contributed by atoms with van der Waals surface area (Å²) >= 11 is 0. The van der Waals surface area contributed by atoms with Crippen LogP contribution in [0.1, 0.15) is 25.3 Å². The molecule has 1 aliphatic heterocycles. The van der Waals surface area contributed by atoms with Crippen LogP contribution in [0.3, 0.4) is 0 Å². The Hall–Kier alpha value is -2.09. The molecule has 146 valence electrons. The van der Waals surface area contributed by atoms with E-state index >= 15 is 0 Å². The molecule has 0 aromatic heterocycles. The quantitative estimate of drug-likeness (QED) is 0.543. The number of ether oxygens (including phenoxy) is 3. The van der Waals surface area contributed by atoms with Crippen LogP contribution in [0.5, 0.6) is 11.5 Å². The summed E-state index contributed by atoms with van der Waals surface area (Å²) in [5.74, 6) is 0.998. The van der Waals surface area contributed by atoms with Gasteiger partial charge in [0.2, 0.25) is 0 Å². The van der Waals surface area contributed by atoms with Gasteiger partial charge in [0.1, 0.15) is 0 Å². The first-order valence-corrected chi connectivity index (χ1v) is 8.66. The molecule has 0 amide bonds. The first-order valence-electron chi connectivity index (χ1n) is 8.66. The van der Waals surface area contributed by atoms with E-state index in [2.05, 4.69) is 27.3 Å². The van der Waals surface area contributed by atoms with Crippen LogP contribution in [0.15, 0.2) is 23.2 Å². The zero-order chi connectivity index (χ0) is 19.0. The van der Waals surface area contributed by atoms with Crippen molar-refractivity contribution in [2.75, 3.05) is 33.9 Å². The predicted molar refractivity (Wildman–Crippen MR) is 96.3 cm³/mol. The second-order valence-electron chi connectivity index (χ2n) is 6.37. The Balaban J connectivity index is 1.83. The summed E-state index contributed by atoms with van der Waals surface area (Å²) in [6, 6.07) is 5.01. The van der Waals surface area contributed by atoms with E-state index in [0.717, 1.165) is 25.0 Å². The summed E-state index contributed by atoms with van der Waals surface area (Å²) < 4.78 is 40.3. The molecule has 2 N–H and O–H groups in total. The highest BCUT2D eigenvalue weighted by Gasteiger charge is 2.29. The van der Waals surface area contributed by atoms with Crippen LogP contribution in [-0.2, 0) is 11.2 Å². The highest BCUT2D eigenvalue weighted by molar-refractivity contribution is 5.79. The molecule has 1 atom stereocenters. The summed E-state index contributed by atoms with van der Waals surface area (Å²) in [7, 11) is 3.12. The zero-order valence-electron chi connectivity index (χ0n) is 15.5. The maximum Gasteiger partial charge on any atom is 0.387 e. The van der Waals surface area contributed by atoms with Crippen LogP contribution in [-0.4, -0.2) is 52.0 Å². The van der Waals surface area contributed by atoms with E-state index in [-0.39, 0.29) is 17.1 Å². The van der Waals surface area contributed by atoms with Crippen molar-refractivity contribution in [1.29, 1.82) is 0 Å². The van der Waals surface area contributed by atoms with Crippen molar-refractivity contribution in [3.05, 3.63) is 23.8 Å². The number of halogens is 2. The van der Waals surface area contributed by atoms with Crippen LogP contribution >= 0.6 is 0 Å². The number of guanidine groups is 1. The van der Waals surface area contributed by atoms with Crippen LogP contribution in [0, 0.1) is 0 Å². The third-order valence-electron chi connectivity index (χ3n) is 4.30. The Morgan fingerprint density at radius 2 is 2.15 bits per heavy atom. The lowest BCUT2D eigenvalue weighted by Crippen LogP contribution is -2.45. The van der Waals surface area contributed by atoms with E-state index < -0.39 is 6.61 Å². The molecule has 1 aromatic rings. The number of nitrogens with zero attached hydrogens (tertiary/aromatic N) is 1. The number of rotatable bonds is 8. The van der Waals surface area contributed by atoms with Crippen molar-refractivity contribution >= 4 is 5.96 Å². The molecule has 0 spiro atoms. The predicted octanol–water partition coefficient (Wildman–Crippen LogP) is 2.57. The first-order chi connectivity index (χ1) is 12.5. The third kappa shape index (κ3) is 6.01. The molecule has 1 aromatic carbocycles. The molecular formula is C18H27F2N3O3. The maximum atomic E-state index is 12.5. The SMILES string of the molecule is CN=C(NCCc1ccc(OC)c(OC(F)F)c1)NCC1(C)CCCO1. The second-order valence-corrected chi connectivity index (χ2v) is 6.37. The average molecular weight is 371 g/mol. The van der Waals surface area contributed by atoms with Gasteiger partial charge >= 0.3 is 6.61 Å². The summed E-state index contributed by atoms with van der Waals surface area (Å²) in [6.45, 7) is 1.27. The molecule has 26 heavy (non-hydrogen) atoms. The lowest BCUT2D eigenvalue weighted by Gasteiger charge is -2.24. The fourth-order valence-corrected chi connectivity index (χ4v) is 2.86. The van der Waals surface area contributed by atoms with Gasteiger partial charge in [-0.15, -0.1) is 0 Å². The molecule has 0 aliphatic carbocycles. The highest BCUT2D eigenvalue weighted by atomic mass is 19.3. The Morgan fingerprint density at radius 3 is 2.77 bits per heavy atom. The van der Waals surface area contributed by atoms with Crippen LogP contribution < -0.4 is 20.1 Å². The number of benzene rings is 1. The zero-order valence-corrected chi connectivity index (χ0v) is 15.5. The molecule has 6 nitrogen and oxygen atoms in total. The van der Waals surface area contributed by atoms with Crippen molar-refractivity contribution < 1.29 is 23.0 Å². The van der Waals surface area contributed by atoms with Gasteiger partial charge in [0.15, 0.2) is 17.5 Å². The topological polar surface area (TPSA) is 64.1 Å². The van der Waals surface area contributed by atoms with Crippen molar-refractivity contribution in [3.8, 4) is 11.5 Å². The second kappa shape index (κ2) is 9.56. The highest BCUT2D eigenvalue weighted by Crippen LogP contribution is 2.29. The molecule has 1 aliphatic rings. The summed E-state index contributed by atoms with van der Waals surface area (Å²) in [5, 5.41) is 6.47. The number of alkyl halides is 2. The number of methoxy groups -OCH3 is 1. The largest absolute Gasteiger partial charge is 0.493 e. The standard InChI is InChI=1S/C18H27F2N3O3/c1-18(8-4-10-25-18)12-23-17(21-2)22-9-7-13-5-6-14(24-3)15(11-13)26-16(19)20/h5-6,11,16H,4,7-10,12H2,1-3H3,(H2,21,22,23). The normalized spacial score (nSPS) is 20.3. The van der Waals surface area contributed by atoms with E-state index in [1.54, 1.807) is 19.2 Å². The number of hydrogen-bond donors (Lipinski definition) is 2. The minimum absolute atomic E-state index is 0.0359. The Bertz CT molecular complexity index is 605. The Kier molecular flexibility index (Phi) is 7.44. The van der Waals surface area contributed by atoms with Gasteiger partial charge in [-0.2, -0.15) is 8.78 Å². The summed E-state index contributed by atoms with van der Waals surface area (Å²) in [5.41, 5.74) is 0.699. The molecule has 0 saturated carbocycles. The van der Waals surface area contributed by atoms with Crippen molar-refractivity contribution in [3.63, 3.8) is 0 Å². The smallest absolute Gasteiger partial charge is 0.387 e. The van der Waals surface area contributed by atoms with Gasteiger partial charge in [0, 0.05) is 26.7 Å². The van der Waals surface area contributed by atoms with E-state index in [9.17, 15) is 8.78 Å². The van der Waals surface area contributed by atoms with Gasteiger partial charge in [-0.05, 0) is 43.9 Å². The van der Waals surface area contributed by atoms with E-state index in [4.69, 9.17) is 9.47 Å². The summed E-state index contributed by atoms with van der Waals surface area (Å²) in [6.07, 6.45) is 2.72. The van der Waals surface area contributed by atoms with Crippen LogP contribution in [0.25, 0.3) is 0 Å². The molecule has 0 bridgehead atoms. The van der Waals surface area contributed by atoms with Crippen LogP contribution in [0.2, 0.25) is 0 Å². The molecule has 1 fully saturated rings. The fraction of sp³-hybridized carbons (Fsp3) is 0.611. The molecule has 0 radical (unpaired) electrons. The lowest BCUT2D eigenvalue weighted by atomic mass is 10.0. The Morgan fingerprint density at radius 1 is 1.35 bits per heavy atom. The first kappa shape index (κ1) is 20.2. The molecule has 1 saturated heterocycles. The number of hydrogen-bond acceptors (Lipinski definition) is 4. The molecular weight excluding hydrogens is 344 g/mol. The van der Waals surface area contributed by atoms with Gasteiger partial charge in [-0.3, -0.25) is 4.99 Å². The lowest BCUT2D eigenvalue weighted by molar-refractivity contribution is -0.0512. The molecule has 1 heterocycles. The Labute approximate surface area is 152 Å². The number of nitrogens with one attached hydrogen (secondary N) is 2. The average Bonchev–Trinajstić information content (AvgIpc) is 3.04. The minimum atomic E-state index is -2.89. The third-order valence-corrected chi connectivity index (χ3v) is 4.30.